The summed E-state index contributed by atoms with van der Waals surface area (Å²) in [5.74, 6) is 0. The normalized spacial score (nSPS) is 40.9. The smallest absolute Gasteiger partial charge is 0.136 e. The molecule has 0 aromatic heterocycles. The molecule has 3 heteroatoms. The average molecular weight is 304 g/mol. The zero-order valence-electron chi connectivity index (χ0n) is 13.6. The van der Waals surface area contributed by atoms with E-state index in [1.54, 1.807) is 0 Å². The highest BCUT2D eigenvalue weighted by molar-refractivity contribution is 7.65. The van der Waals surface area contributed by atoms with Gasteiger partial charge in [0.2, 0.25) is 0 Å². The lowest BCUT2D eigenvalue weighted by Crippen LogP contribution is -2.38. The van der Waals surface area contributed by atoms with Crippen molar-refractivity contribution in [3.8, 4) is 0 Å². The van der Waals surface area contributed by atoms with Crippen molar-refractivity contribution in [2.24, 2.45) is 0 Å². The molecule has 4 atom stereocenters. The van der Waals surface area contributed by atoms with E-state index < -0.39 is 13.3 Å². The van der Waals surface area contributed by atoms with Crippen molar-refractivity contribution in [2.45, 2.75) is 88.6 Å². The SMILES string of the molecule is CC(C)(C)P1CCC[C@@H]1C1(F)CCCP1C(C)(C)C. The lowest BCUT2D eigenvalue weighted by molar-refractivity contribution is 0.256. The molecule has 0 spiro atoms. The second kappa shape index (κ2) is 5.21. The minimum absolute atomic E-state index is 0.142. The summed E-state index contributed by atoms with van der Waals surface area (Å²) >= 11 is 0. The zero-order chi connectivity index (χ0) is 14.5. The molecule has 3 unspecified atom stereocenters. The van der Waals surface area contributed by atoms with E-state index in [0.717, 1.165) is 19.3 Å². The minimum atomic E-state index is -0.803. The van der Waals surface area contributed by atoms with Gasteiger partial charge < -0.3 is 0 Å². The minimum Gasteiger partial charge on any atom is -0.238 e. The van der Waals surface area contributed by atoms with Crippen LogP contribution in [0.1, 0.15) is 67.2 Å². The first-order chi connectivity index (χ1) is 8.57. The Labute approximate surface area is 121 Å². The van der Waals surface area contributed by atoms with Crippen molar-refractivity contribution in [3.63, 3.8) is 0 Å². The van der Waals surface area contributed by atoms with Crippen LogP contribution in [0.5, 0.6) is 0 Å². The Hall–Kier alpha value is 0.790. The highest BCUT2D eigenvalue weighted by Gasteiger charge is 2.57. The molecule has 112 valence electrons. The Morgan fingerprint density at radius 2 is 1.58 bits per heavy atom. The number of rotatable bonds is 1. The van der Waals surface area contributed by atoms with Crippen LogP contribution >= 0.6 is 15.8 Å². The van der Waals surface area contributed by atoms with Gasteiger partial charge in [0.1, 0.15) is 5.41 Å². The topological polar surface area (TPSA) is 0 Å². The van der Waals surface area contributed by atoms with Crippen molar-refractivity contribution in [1.29, 1.82) is 0 Å². The molecule has 0 saturated carbocycles. The van der Waals surface area contributed by atoms with Crippen molar-refractivity contribution in [1.82, 2.24) is 0 Å². The molecule has 0 bridgehead atoms. The molecule has 0 radical (unpaired) electrons. The maximum atomic E-state index is 16.0. The molecule has 2 rings (SSSR count). The quantitative estimate of drug-likeness (QED) is 0.508. The van der Waals surface area contributed by atoms with Crippen molar-refractivity contribution < 1.29 is 4.39 Å². The Morgan fingerprint density at radius 1 is 0.947 bits per heavy atom. The van der Waals surface area contributed by atoms with Crippen LogP contribution in [0, 0.1) is 0 Å². The molecule has 0 amide bonds. The van der Waals surface area contributed by atoms with Gasteiger partial charge in [-0.2, -0.15) is 0 Å². The van der Waals surface area contributed by atoms with E-state index in [9.17, 15) is 0 Å². The maximum Gasteiger partial charge on any atom is 0.136 e. The van der Waals surface area contributed by atoms with Crippen LogP contribution in [0.4, 0.5) is 4.39 Å². The molecule has 2 saturated heterocycles. The molecule has 0 aliphatic carbocycles. The number of hydrogen-bond acceptors (Lipinski definition) is 0. The van der Waals surface area contributed by atoms with Crippen LogP contribution in [0.2, 0.25) is 0 Å². The Kier molecular flexibility index (Phi) is 4.43. The van der Waals surface area contributed by atoms with Gasteiger partial charge in [0.15, 0.2) is 0 Å². The van der Waals surface area contributed by atoms with E-state index in [1.165, 1.54) is 18.7 Å². The molecule has 0 aromatic carbocycles. The molecule has 2 aliphatic heterocycles. The Morgan fingerprint density at radius 3 is 2.11 bits per heavy atom. The molecular formula is C16H31FP2. The van der Waals surface area contributed by atoms with Crippen molar-refractivity contribution in [3.05, 3.63) is 0 Å². The summed E-state index contributed by atoms with van der Waals surface area (Å²) in [7, 11) is -0.609. The second-order valence-electron chi connectivity index (χ2n) is 8.27. The summed E-state index contributed by atoms with van der Waals surface area (Å²) in [6, 6.07) is 0. The largest absolute Gasteiger partial charge is 0.238 e. The van der Waals surface area contributed by atoms with Gasteiger partial charge in [0.25, 0.3) is 0 Å². The summed E-state index contributed by atoms with van der Waals surface area (Å²) in [6.07, 6.45) is 6.89. The van der Waals surface area contributed by atoms with Gasteiger partial charge in [-0.05, 0) is 48.3 Å². The van der Waals surface area contributed by atoms with Gasteiger partial charge >= 0.3 is 0 Å². The van der Waals surface area contributed by atoms with E-state index in [4.69, 9.17) is 0 Å². The lowest BCUT2D eigenvalue weighted by atomic mass is 10.1. The van der Waals surface area contributed by atoms with E-state index >= 15 is 4.39 Å². The van der Waals surface area contributed by atoms with Gasteiger partial charge in [-0.3, -0.25) is 0 Å². The average Bonchev–Trinajstić information content (AvgIpc) is 2.80. The van der Waals surface area contributed by atoms with Crippen LogP contribution in [-0.4, -0.2) is 33.7 Å². The number of alkyl halides is 1. The molecule has 2 heterocycles. The number of halogens is 1. The third kappa shape index (κ3) is 3.03. The lowest BCUT2D eigenvalue weighted by Gasteiger charge is -2.46. The van der Waals surface area contributed by atoms with Crippen molar-refractivity contribution in [2.75, 3.05) is 12.3 Å². The molecule has 19 heavy (non-hydrogen) atoms. The first-order valence-electron chi connectivity index (χ1n) is 7.80. The van der Waals surface area contributed by atoms with Gasteiger partial charge in [0, 0.05) is 5.66 Å². The van der Waals surface area contributed by atoms with Gasteiger partial charge in [-0.25, -0.2) is 4.39 Å². The third-order valence-electron chi connectivity index (χ3n) is 4.79. The van der Waals surface area contributed by atoms with Crippen LogP contribution < -0.4 is 0 Å². The summed E-state index contributed by atoms with van der Waals surface area (Å²) in [5.41, 5.74) is 0.398. The summed E-state index contributed by atoms with van der Waals surface area (Å²) in [6.45, 7) is 13.8. The second-order valence-corrected chi connectivity index (χ2v) is 15.0. The summed E-state index contributed by atoms with van der Waals surface area (Å²) < 4.78 is 16.0. The zero-order valence-corrected chi connectivity index (χ0v) is 15.4. The van der Waals surface area contributed by atoms with E-state index in [2.05, 4.69) is 41.5 Å². The van der Waals surface area contributed by atoms with Gasteiger partial charge in [0.05, 0.1) is 0 Å². The molecule has 0 N–H and O–H groups in total. The maximum absolute atomic E-state index is 16.0. The summed E-state index contributed by atoms with van der Waals surface area (Å²) in [5, 5.41) is -0.289. The van der Waals surface area contributed by atoms with Crippen LogP contribution in [0.15, 0.2) is 0 Å². The molecule has 2 fully saturated rings. The predicted octanol–water partition coefficient (Wildman–Crippen LogP) is 6.17. The fourth-order valence-electron chi connectivity index (χ4n) is 4.07. The molecule has 0 nitrogen and oxygen atoms in total. The first-order valence-corrected chi connectivity index (χ1v) is 10.9. The van der Waals surface area contributed by atoms with Gasteiger partial charge in [-0.1, -0.05) is 57.4 Å². The van der Waals surface area contributed by atoms with E-state index in [1.807, 2.05) is 0 Å². The summed E-state index contributed by atoms with van der Waals surface area (Å²) in [4.78, 5) is 0. The highest BCUT2D eigenvalue weighted by atomic mass is 31.1. The van der Waals surface area contributed by atoms with E-state index in [0.29, 0.717) is 10.8 Å². The van der Waals surface area contributed by atoms with Gasteiger partial charge in [-0.15, -0.1) is 0 Å². The highest BCUT2D eigenvalue weighted by Crippen LogP contribution is 2.75. The monoisotopic (exact) mass is 304 g/mol. The van der Waals surface area contributed by atoms with Crippen LogP contribution in [0.25, 0.3) is 0 Å². The standard InChI is InChI=1S/C16H31FP2/c1-14(2,3)18-11-7-9-13(18)16(17)10-8-12-19(16)15(4,5)6/h13H,7-12H2,1-6H3/t13-,16?,18?,19?/m1/s1. The van der Waals surface area contributed by atoms with Crippen LogP contribution in [0.3, 0.4) is 0 Å². The third-order valence-corrected chi connectivity index (χ3v) is 12.8. The fraction of sp³-hybridized carbons (Fsp3) is 1.00. The Balaban J connectivity index is 2.28. The fourth-order valence-corrected chi connectivity index (χ4v) is 12.0. The van der Waals surface area contributed by atoms with Crippen LogP contribution in [-0.2, 0) is 0 Å². The predicted molar refractivity (Wildman–Crippen MR) is 89.2 cm³/mol. The molecule has 0 aromatic rings. The molecule has 2 aliphatic rings. The molecular weight excluding hydrogens is 273 g/mol. The first kappa shape index (κ1) is 16.2. The van der Waals surface area contributed by atoms with E-state index in [-0.39, 0.29) is 13.1 Å². The number of hydrogen-bond donors (Lipinski definition) is 0. The Bertz CT molecular complexity index is 329. The van der Waals surface area contributed by atoms with Crippen molar-refractivity contribution >= 4 is 15.8 Å².